The van der Waals surface area contributed by atoms with Crippen molar-refractivity contribution in [2.24, 2.45) is 0 Å². The van der Waals surface area contributed by atoms with Crippen LogP contribution in [0.3, 0.4) is 0 Å². The highest BCUT2D eigenvalue weighted by atomic mass is 35.5. The van der Waals surface area contributed by atoms with E-state index in [2.05, 4.69) is 57.0 Å². The van der Waals surface area contributed by atoms with Gasteiger partial charge in [-0.2, -0.15) is 0 Å². The van der Waals surface area contributed by atoms with Gasteiger partial charge in [-0.25, -0.2) is 0 Å². The van der Waals surface area contributed by atoms with Gasteiger partial charge in [0.15, 0.2) is 0 Å². The second-order valence-electron chi connectivity index (χ2n) is 6.09. The third-order valence-corrected chi connectivity index (χ3v) is 4.24. The normalized spacial score (nSPS) is 12.7. The molecule has 1 N–H and O–H groups in total. The van der Waals surface area contributed by atoms with Crippen molar-refractivity contribution in [1.29, 1.82) is 0 Å². The molecule has 1 unspecified atom stereocenters. The molecule has 1 atom stereocenters. The summed E-state index contributed by atoms with van der Waals surface area (Å²) in [6, 6.07) is 7.24. The van der Waals surface area contributed by atoms with Crippen molar-refractivity contribution >= 4 is 17.3 Å². The molecule has 2 nitrogen and oxygen atoms in total. The Balaban J connectivity index is 3.08. The Kier molecular flexibility index (Phi) is 8.13. The predicted octanol–water partition coefficient (Wildman–Crippen LogP) is 5.24. The first kappa shape index (κ1) is 18.3. The molecule has 1 aromatic carbocycles. The van der Waals surface area contributed by atoms with Crippen molar-refractivity contribution in [3.05, 3.63) is 28.8 Å². The van der Waals surface area contributed by atoms with Gasteiger partial charge in [0.1, 0.15) is 0 Å². The molecule has 0 bridgehead atoms. The van der Waals surface area contributed by atoms with E-state index in [1.165, 1.54) is 24.1 Å². The van der Waals surface area contributed by atoms with Crippen molar-refractivity contribution in [1.82, 2.24) is 5.32 Å². The van der Waals surface area contributed by atoms with E-state index >= 15 is 0 Å². The molecule has 0 amide bonds. The molecule has 0 spiro atoms. The summed E-state index contributed by atoms with van der Waals surface area (Å²) in [4.78, 5) is 2.49. The van der Waals surface area contributed by atoms with Gasteiger partial charge in [-0.1, -0.05) is 57.8 Å². The minimum Gasteiger partial charge on any atom is -0.367 e. The SMILES string of the molecule is CCCCN(c1c(Cl)cccc1CNC(C)C)C(C)CC. The highest BCUT2D eigenvalue weighted by Gasteiger charge is 2.18. The number of hydrogen-bond donors (Lipinski definition) is 1. The molecule has 0 aliphatic carbocycles. The van der Waals surface area contributed by atoms with Gasteiger partial charge in [0, 0.05) is 25.2 Å². The van der Waals surface area contributed by atoms with Crippen LogP contribution in [0.2, 0.25) is 5.02 Å². The van der Waals surface area contributed by atoms with E-state index in [1.807, 2.05) is 6.07 Å². The standard InChI is InChI=1S/C18H31ClN2/c1-6-8-12-21(15(5)7-2)18-16(13-20-14(3)4)10-9-11-17(18)19/h9-11,14-15,20H,6-8,12-13H2,1-5H3. The van der Waals surface area contributed by atoms with E-state index in [9.17, 15) is 0 Å². The summed E-state index contributed by atoms with van der Waals surface area (Å²) in [6.45, 7) is 13.1. The van der Waals surface area contributed by atoms with Crippen molar-refractivity contribution < 1.29 is 0 Å². The number of unbranched alkanes of at least 4 members (excludes halogenated alkanes) is 1. The lowest BCUT2D eigenvalue weighted by Gasteiger charge is -2.33. The second-order valence-corrected chi connectivity index (χ2v) is 6.49. The number of nitrogens with zero attached hydrogens (tertiary/aromatic N) is 1. The Labute approximate surface area is 135 Å². The maximum Gasteiger partial charge on any atom is 0.0643 e. The van der Waals surface area contributed by atoms with E-state index < -0.39 is 0 Å². The number of anilines is 1. The predicted molar refractivity (Wildman–Crippen MR) is 95.4 cm³/mol. The number of halogens is 1. The summed E-state index contributed by atoms with van der Waals surface area (Å²) in [5.41, 5.74) is 2.52. The van der Waals surface area contributed by atoms with Crippen LogP contribution in [0.15, 0.2) is 18.2 Å². The van der Waals surface area contributed by atoms with Gasteiger partial charge in [0.2, 0.25) is 0 Å². The number of benzene rings is 1. The fraction of sp³-hybridized carbons (Fsp3) is 0.667. The van der Waals surface area contributed by atoms with Crippen molar-refractivity contribution in [3.8, 4) is 0 Å². The second kappa shape index (κ2) is 9.32. The zero-order valence-electron chi connectivity index (χ0n) is 14.2. The van der Waals surface area contributed by atoms with E-state index in [4.69, 9.17) is 11.6 Å². The molecule has 3 heteroatoms. The van der Waals surface area contributed by atoms with Crippen LogP contribution in [-0.4, -0.2) is 18.6 Å². The first-order valence-corrected chi connectivity index (χ1v) is 8.66. The number of nitrogens with one attached hydrogen (secondary N) is 1. The van der Waals surface area contributed by atoms with Crippen LogP contribution in [0, 0.1) is 0 Å². The maximum atomic E-state index is 6.55. The van der Waals surface area contributed by atoms with Crippen LogP contribution in [0.25, 0.3) is 0 Å². The molecule has 21 heavy (non-hydrogen) atoms. The van der Waals surface area contributed by atoms with Crippen LogP contribution in [0.1, 0.15) is 59.4 Å². The topological polar surface area (TPSA) is 15.3 Å². The molecule has 0 aliphatic heterocycles. The van der Waals surface area contributed by atoms with Gasteiger partial charge in [-0.15, -0.1) is 0 Å². The summed E-state index contributed by atoms with van der Waals surface area (Å²) in [5, 5.41) is 4.38. The van der Waals surface area contributed by atoms with Gasteiger partial charge >= 0.3 is 0 Å². The van der Waals surface area contributed by atoms with E-state index in [-0.39, 0.29) is 0 Å². The number of hydrogen-bond acceptors (Lipinski definition) is 2. The average molecular weight is 311 g/mol. The fourth-order valence-corrected chi connectivity index (χ4v) is 2.74. The number of rotatable bonds is 9. The zero-order valence-corrected chi connectivity index (χ0v) is 15.0. The quantitative estimate of drug-likeness (QED) is 0.670. The Hall–Kier alpha value is -0.730. The monoisotopic (exact) mass is 310 g/mol. The average Bonchev–Trinajstić information content (AvgIpc) is 2.46. The third-order valence-electron chi connectivity index (χ3n) is 3.93. The van der Waals surface area contributed by atoms with Crippen LogP contribution in [-0.2, 0) is 6.54 Å². The minimum absolute atomic E-state index is 0.476. The summed E-state index contributed by atoms with van der Waals surface area (Å²) >= 11 is 6.55. The van der Waals surface area contributed by atoms with Gasteiger partial charge < -0.3 is 10.2 Å². The van der Waals surface area contributed by atoms with Crippen molar-refractivity contribution in [2.45, 2.75) is 72.5 Å². The van der Waals surface area contributed by atoms with Crippen LogP contribution < -0.4 is 10.2 Å². The Bertz CT molecular complexity index is 418. The van der Waals surface area contributed by atoms with Crippen LogP contribution >= 0.6 is 11.6 Å². The lowest BCUT2D eigenvalue weighted by Crippen LogP contribution is -2.35. The molecule has 0 aromatic heterocycles. The van der Waals surface area contributed by atoms with Crippen molar-refractivity contribution in [2.75, 3.05) is 11.4 Å². The first-order valence-electron chi connectivity index (χ1n) is 8.28. The molecule has 0 aliphatic rings. The minimum atomic E-state index is 0.476. The van der Waals surface area contributed by atoms with E-state index in [1.54, 1.807) is 0 Å². The maximum absolute atomic E-state index is 6.55. The third kappa shape index (κ3) is 5.52. The first-order chi connectivity index (χ1) is 10.0. The van der Waals surface area contributed by atoms with E-state index in [0.29, 0.717) is 12.1 Å². The molecule has 1 rings (SSSR count). The molecule has 1 aromatic rings. The Morgan fingerprint density at radius 1 is 1.19 bits per heavy atom. The van der Waals surface area contributed by atoms with Gasteiger partial charge in [0.05, 0.1) is 10.7 Å². The van der Waals surface area contributed by atoms with Gasteiger partial charge in [-0.3, -0.25) is 0 Å². The van der Waals surface area contributed by atoms with Gasteiger partial charge in [-0.05, 0) is 31.4 Å². The van der Waals surface area contributed by atoms with E-state index in [0.717, 1.165) is 24.5 Å². The highest BCUT2D eigenvalue weighted by Crippen LogP contribution is 2.32. The Morgan fingerprint density at radius 3 is 2.48 bits per heavy atom. The van der Waals surface area contributed by atoms with Gasteiger partial charge in [0.25, 0.3) is 0 Å². The molecular weight excluding hydrogens is 280 g/mol. The summed E-state index contributed by atoms with van der Waals surface area (Å²) < 4.78 is 0. The molecule has 0 fully saturated rings. The summed E-state index contributed by atoms with van der Waals surface area (Å²) in [5.74, 6) is 0. The summed E-state index contributed by atoms with van der Waals surface area (Å²) in [6.07, 6.45) is 3.54. The summed E-state index contributed by atoms with van der Waals surface area (Å²) in [7, 11) is 0. The largest absolute Gasteiger partial charge is 0.367 e. The fourth-order valence-electron chi connectivity index (χ4n) is 2.44. The van der Waals surface area contributed by atoms with Crippen LogP contribution in [0.4, 0.5) is 5.69 Å². The molecule has 120 valence electrons. The smallest absolute Gasteiger partial charge is 0.0643 e. The van der Waals surface area contributed by atoms with Crippen molar-refractivity contribution in [3.63, 3.8) is 0 Å². The molecule has 0 saturated carbocycles. The molecule has 0 saturated heterocycles. The molecule has 0 radical (unpaired) electrons. The lowest BCUT2D eigenvalue weighted by molar-refractivity contribution is 0.573. The molecule has 0 heterocycles. The van der Waals surface area contributed by atoms with Crippen LogP contribution in [0.5, 0.6) is 0 Å². The molecular formula is C18H31ClN2. The Morgan fingerprint density at radius 2 is 1.90 bits per heavy atom. The number of para-hydroxylation sites is 1. The highest BCUT2D eigenvalue weighted by molar-refractivity contribution is 6.33. The lowest BCUT2D eigenvalue weighted by atomic mass is 10.1. The zero-order chi connectivity index (χ0) is 15.8.